The number of aromatic nitrogens is 3. The van der Waals surface area contributed by atoms with Crippen molar-refractivity contribution in [2.24, 2.45) is 0 Å². The predicted molar refractivity (Wildman–Crippen MR) is 71.7 cm³/mol. The van der Waals surface area contributed by atoms with E-state index >= 15 is 0 Å². The molecule has 0 amide bonds. The van der Waals surface area contributed by atoms with Crippen LogP contribution in [0.1, 0.15) is 6.92 Å². The summed E-state index contributed by atoms with van der Waals surface area (Å²) >= 11 is 1.57. The molecule has 0 saturated carbocycles. The van der Waals surface area contributed by atoms with Crippen molar-refractivity contribution in [3.05, 3.63) is 30.3 Å². The van der Waals surface area contributed by atoms with E-state index in [0.717, 1.165) is 16.5 Å². The van der Waals surface area contributed by atoms with E-state index in [1.54, 1.807) is 11.8 Å². The highest BCUT2D eigenvalue weighted by Crippen LogP contribution is 2.27. The number of thioether (sulfide) groups is 1. The smallest absolute Gasteiger partial charge is 0.302 e. The number of ether oxygens (including phenoxy) is 1. The van der Waals surface area contributed by atoms with Crippen LogP contribution >= 0.6 is 11.8 Å². The van der Waals surface area contributed by atoms with E-state index in [0.29, 0.717) is 12.4 Å². The van der Waals surface area contributed by atoms with Gasteiger partial charge in [0.2, 0.25) is 0 Å². The van der Waals surface area contributed by atoms with Crippen molar-refractivity contribution < 1.29 is 9.53 Å². The Balaban J connectivity index is 1.83. The standard InChI is InChI=1S/C13H13N3O2S/c1-9(17)18-11-7-16-13(19-8-11)14-12(15-16)10-5-3-2-4-6-10/h2-6,11H,7-8H2,1H3. The summed E-state index contributed by atoms with van der Waals surface area (Å²) in [5.41, 5.74) is 0.994. The number of hydrogen-bond acceptors (Lipinski definition) is 5. The highest BCUT2D eigenvalue weighted by molar-refractivity contribution is 7.99. The zero-order valence-corrected chi connectivity index (χ0v) is 11.3. The number of hydrogen-bond donors (Lipinski definition) is 0. The molecule has 0 bridgehead atoms. The average molecular weight is 275 g/mol. The summed E-state index contributed by atoms with van der Waals surface area (Å²) in [6.07, 6.45) is -0.125. The molecule has 2 heterocycles. The zero-order valence-electron chi connectivity index (χ0n) is 10.4. The summed E-state index contributed by atoms with van der Waals surface area (Å²) < 4.78 is 7.02. The lowest BCUT2D eigenvalue weighted by atomic mass is 10.2. The molecule has 6 heteroatoms. The van der Waals surface area contributed by atoms with E-state index in [1.165, 1.54) is 6.92 Å². The molecular weight excluding hydrogens is 262 g/mol. The van der Waals surface area contributed by atoms with Crippen LogP contribution in [0.15, 0.2) is 35.5 Å². The summed E-state index contributed by atoms with van der Waals surface area (Å²) in [6, 6.07) is 9.85. The lowest BCUT2D eigenvalue weighted by molar-refractivity contribution is -0.146. The number of rotatable bonds is 2. The van der Waals surface area contributed by atoms with Crippen molar-refractivity contribution in [2.45, 2.75) is 24.7 Å². The van der Waals surface area contributed by atoms with Crippen molar-refractivity contribution in [1.82, 2.24) is 14.8 Å². The van der Waals surface area contributed by atoms with Gasteiger partial charge in [-0.05, 0) is 0 Å². The van der Waals surface area contributed by atoms with Crippen molar-refractivity contribution in [3.8, 4) is 11.4 Å². The number of carbonyl (C=O) groups is 1. The summed E-state index contributed by atoms with van der Waals surface area (Å²) in [4.78, 5) is 15.5. The Bertz CT molecular complexity index is 597. The van der Waals surface area contributed by atoms with Gasteiger partial charge < -0.3 is 4.74 Å². The molecule has 0 aliphatic carbocycles. The summed E-state index contributed by atoms with van der Waals surface area (Å²) in [7, 11) is 0. The van der Waals surface area contributed by atoms with Gasteiger partial charge in [0.1, 0.15) is 6.10 Å². The van der Waals surface area contributed by atoms with Gasteiger partial charge in [0.05, 0.1) is 6.54 Å². The van der Waals surface area contributed by atoms with Crippen LogP contribution in [-0.2, 0) is 16.1 Å². The van der Waals surface area contributed by atoms with E-state index < -0.39 is 0 Å². The fourth-order valence-corrected chi connectivity index (χ4v) is 2.91. The van der Waals surface area contributed by atoms with E-state index in [1.807, 2.05) is 35.0 Å². The van der Waals surface area contributed by atoms with Gasteiger partial charge >= 0.3 is 5.97 Å². The van der Waals surface area contributed by atoms with Gasteiger partial charge in [-0.1, -0.05) is 42.1 Å². The monoisotopic (exact) mass is 275 g/mol. The molecule has 1 unspecified atom stereocenters. The highest BCUT2D eigenvalue weighted by atomic mass is 32.2. The molecule has 1 aliphatic heterocycles. The molecule has 1 aromatic heterocycles. The van der Waals surface area contributed by atoms with Gasteiger partial charge in [-0.15, -0.1) is 5.10 Å². The lowest BCUT2D eigenvalue weighted by Gasteiger charge is -2.21. The molecule has 0 spiro atoms. The number of nitrogens with zero attached hydrogens (tertiary/aromatic N) is 3. The fraction of sp³-hybridized carbons (Fsp3) is 0.308. The predicted octanol–water partition coefficient (Wildman–Crippen LogP) is 1.98. The maximum absolute atomic E-state index is 11.0. The lowest BCUT2D eigenvalue weighted by Crippen LogP contribution is -2.29. The molecule has 1 aromatic carbocycles. The van der Waals surface area contributed by atoms with E-state index in [4.69, 9.17) is 4.74 Å². The van der Waals surface area contributed by atoms with Crippen molar-refractivity contribution in [3.63, 3.8) is 0 Å². The maximum atomic E-state index is 11.0. The van der Waals surface area contributed by atoms with Gasteiger partial charge in [0.15, 0.2) is 11.0 Å². The van der Waals surface area contributed by atoms with E-state index in [9.17, 15) is 4.79 Å². The van der Waals surface area contributed by atoms with Crippen molar-refractivity contribution in [2.75, 3.05) is 5.75 Å². The van der Waals surface area contributed by atoms with Crippen molar-refractivity contribution in [1.29, 1.82) is 0 Å². The summed E-state index contributed by atoms with van der Waals surface area (Å²) in [5, 5.41) is 5.35. The second-order valence-electron chi connectivity index (χ2n) is 4.31. The number of esters is 1. The van der Waals surface area contributed by atoms with Crippen LogP contribution in [0.5, 0.6) is 0 Å². The second-order valence-corrected chi connectivity index (χ2v) is 5.30. The Morgan fingerprint density at radius 2 is 2.21 bits per heavy atom. The summed E-state index contributed by atoms with van der Waals surface area (Å²) in [6.45, 7) is 2.00. The first-order valence-corrected chi connectivity index (χ1v) is 7.01. The minimum absolute atomic E-state index is 0.125. The number of benzene rings is 1. The maximum Gasteiger partial charge on any atom is 0.302 e. The van der Waals surface area contributed by atoms with Gasteiger partial charge in [0.25, 0.3) is 0 Å². The highest BCUT2D eigenvalue weighted by Gasteiger charge is 2.24. The Labute approximate surface area is 115 Å². The minimum Gasteiger partial charge on any atom is -0.460 e. The number of fused-ring (bicyclic) bond motifs is 1. The van der Waals surface area contributed by atoms with Crippen LogP contribution in [-0.4, -0.2) is 32.6 Å². The van der Waals surface area contributed by atoms with Crippen LogP contribution in [0.25, 0.3) is 11.4 Å². The van der Waals surface area contributed by atoms with Gasteiger partial charge in [-0.25, -0.2) is 9.67 Å². The van der Waals surface area contributed by atoms with Gasteiger partial charge in [-0.2, -0.15) is 0 Å². The molecule has 98 valence electrons. The Morgan fingerprint density at radius 1 is 1.42 bits per heavy atom. The molecule has 1 atom stereocenters. The third kappa shape index (κ3) is 2.63. The van der Waals surface area contributed by atoms with Gasteiger partial charge in [-0.3, -0.25) is 4.79 Å². The summed E-state index contributed by atoms with van der Waals surface area (Å²) in [5.74, 6) is 1.19. The molecule has 2 aromatic rings. The molecular formula is C13H13N3O2S. The first-order chi connectivity index (χ1) is 9.22. The molecule has 1 aliphatic rings. The Morgan fingerprint density at radius 3 is 2.95 bits per heavy atom. The van der Waals surface area contributed by atoms with Gasteiger partial charge in [0, 0.05) is 18.2 Å². The van der Waals surface area contributed by atoms with Crippen LogP contribution in [0.4, 0.5) is 0 Å². The van der Waals surface area contributed by atoms with Crippen LogP contribution in [0.3, 0.4) is 0 Å². The first-order valence-electron chi connectivity index (χ1n) is 6.02. The second kappa shape index (κ2) is 5.05. The number of carbonyl (C=O) groups excluding carboxylic acids is 1. The quantitative estimate of drug-likeness (QED) is 0.784. The topological polar surface area (TPSA) is 57.0 Å². The van der Waals surface area contributed by atoms with E-state index in [-0.39, 0.29) is 12.1 Å². The molecule has 0 saturated heterocycles. The first kappa shape index (κ1) is 12.2. The molecule has 0 radical (unpaired) electrons. The minimum atomic E-state index is -0.252. The molecule has 0 N–H and O–H groups in total. The molecule has 19 heavy (non-hydrogen) atoms. The third-order valence-electron chi connectivity index (χ3n) is 2.78. The zero-order chi connectivity index (χ0) is 13.2. The normalized spacial score (nSPS) is 17.8. The third-order valence-corrected chi connectivity index (χ3v) is 3.88. The average Bonchev–Trinajstić information content (AvgIpc) is 2.82. The molecule has 3 rings (SSSR count). The largest absolute Gasteiger partial charge is 0.460 e. The van der Waals surface area contributed by atoms with Crippen LogP contribution in [0.2, 0.25) is 0 Å². The van der Waals surface area contributed by atoms with E-state index in [2.05, 4.69) is 10.1 Å². The Hall–Kier alpha value is -1.82. The fourth-order valence-electron chi connectivity index (χ4n) is 1.98. The van der Waals surface area contributed by atoms with Crippen LogP contribution < -0.4 is 0 Å². The van der Waals surface area contributed by atoms with Crippen molar-refractivity contribution >= 4 is 17.7 Å². The Kier molecular flexibility index (Phi) is 3.25. The molecule has 0 fully saturated rings. The van der Waals surface area contributed by atoms with Crippen LogP contribution in [0, 0.1) is 0 Å². The molecule has 5 nitrogen and oxygen atoms in total. The SMILES string of the molecule is CC(=O)OC1CSc2nc(-c3ccccc3)nn2C1.